The molecule has 0 radical (unpaired) electrons. The Kier molecular flexibility index (Phi) is 5.43. The molecule has 1 aliphatic heterocycles. The smallest absolute Gasteiger partial charge is 0.254 e. The molecule has 3 rings (SSSR count). The molecule has 0 saturated carbocycles. The lowest BCUT2D eigenvalue weighted by atomic mass is 10.1. The minimum atomic E-state index is -0.153. The molecule has 0 atom stereocenters. The Morgan fingerprint density at radius 2 is 2.04 bits per heavy atom. The van der Waals surface area contributed by atoms with Crippen LogP contribution in [0.4, 0.5) is 0 Å². The highest BCUT2D eigenvalue weighted by molar-refractivity contribution is 7.98. The fourth-order valence-corrected chi connectivity index (χ4v) is 3.52. The van der Waals surface area contributed by atoms with Crippen molar-refractivity contribution in [2.24, 2.45) is 0 Å². The number of rotatable bonds is 5. The van der Waals surface area contributed by atoms with E-state index in [0.717, 1.165) is 36.8 Å². The first-order valence-electron chi connectivity index (χ1n) is 8.31. The molecule has 0 aliphatic carbocycles. The second-order valence-corrected chi connectivity index (χ2v) is 6.86. The predicted octanol–water partition coefficient (Wildman–Crippen LogP) is 2.29. The molecule has 2 amide bonds. The molecule has 1 saturated heterocycles. The van der Waals surface area contributed by atoms with Gasteiger partial charge >= 0.3 is 0 Å². The highest BCUT2D eigenvalue weighted by atomic mass is 32.2. The van der Waals surface area contributed by atoms with E-state index in [1.54, 1.807) is 31.1 Å². The molecule has 1 aliphatic rings. The fourth-order valence-electron chi connectivity index (χ4n) is 2.99. The molecule has 1 aromatic heterocycles. The summed E-state index contributed by atoms with van der Waals surface area (Å²) >= 11 is 1.55. The Morgan fingerprint density at radius 1 is 1.28 bits per heavy atom. The van der Waals surface area contributed by atoms with Gasteiger partial charge in [0.2, 0.25) is 5.91 Å². The van der Waals surface area contributed by atoms with Gasteiger partial charge in [0, 0.05) is 43.8 Å². The molecular formula is C18H22N4O2S. The van der Waals surface area contributed by atoms with Gasteiger partial charge < -0.3 is 9.80 Å². The Morgan fingerprint density at radius 3 is 2.76 bits per heavy atom. The standard InChI is InChI=1S/C18H22N4O2S/c1-20(13-16(23)21-9-3-4-10-21)17(24)14-6-5-7-15(12-14)22-11-8-19-18(22)25-2/h5-8,11-12H,3-4,9-10,13H2,1-2H3. The molecule has 132 valence electrons. The van der Waals surface area contributed by atoms with E-state index >= 15 is 0 Å². The fraction of sp³-hybridized carbons (Fsp3) is 0.389. The van der Waals surface area contributed by atoms with Crippen LogP contribution in [-0.4, -0.2) is 64.1 Å². The minimum Gasteiger partial charge on any atom is -0.341 e. The van der Waals surface area contributed by atoms with Crippen LogP contribution in [0.15, 0.2) is 41.8 Å². The monoisotopic (exact) mass is 358 g/mol. The topological polar surface area (TPSA) is 58.4 Å². The SMILES string of the molecule is CSc1nccn1-c1cccc(C(=O)N(C)CC(=O)N2CCCC2)c1. The number of likely N-dealkylation sites (tertiary alicyclic amines) is 1. The van der Waals surface area contributed by atoms with Crippen molar-refractivity contribution < 1.29 is 9.59 Å². The zero-order valence-electron chi connectivity index (χ0n) is 14.5. The summed E-state index contributed by atoms with van der Waals surface area (Å²) in [5, 5.41) is 0.863. The maximum absolute atomic E-state index is 12.7. The van der Waals surface area contributed by atoms with Gasteiger partial charge in [0.25, 0.3) is 5.91 Å². The van der Waals surface area contributed by atoms with Crippen LogP contribution in [0, 0.1) is 0 Å². The zero-order valence-corrected chi connectivity index (χ0v) is 15.3. The number of aromatic nitrogens is 2. The van der Waals surface area contributed by atoms with E-state index in [1.807, 2.05) is 40.1 Å². The second kappa shape index (κ2) is 7.74. The lowest BCUT2D eigenvalue weighted by molar-refractivity contribution is -0.130. The van der Waals surface area contributed by atoms with E-state index in [1.165, 1.54) is 4.90 Å². The van der Waals surface area contributed by atoms with Crippen LogP contribution in [0.2, 0.25) is 0 Å². The summed E-state index contributed by atoms with van der Waals surface area (Å²) in [5.74, 6) is -0.135. The Balaban J connectivity index is 1.73. The number of amides is 2. The van der Waals surface area contributed by atoms with Crippen molar-refractivity contribution in [1.82, 2.24) is 19.4 Å². The molecular weight excluding hydrogens is 336 g/mol. The van der Waals surface area contributed by atoms with Crippen LogP contribution in [0.1, 0.15) is 23.2 Å². The number of imidazole rings is 1. The maximum atomic E-state index is 12.7. The highest BCUT2D eigenvalue weighted by Crippen LogP contribution is 2.19. The first-order chi connectivity index (χ1) is 12.1. The van der Waals surface area contributed by atoms with E-state index in [9.17, 15) is 9.59 Å². The van der Waals surface area contributed by atoms with E-state index < -0.39 is 0 Å². The molecule has 25 heavy (non-hydrogen) atoms. The van der Waals surface area contributed by atoms with Crippen LogP contribution in [0.3, 0.4) is 0 Å². The number of hydrogen-bond acceptors (Lipinski definition) is 4. The summed E-state index contributed by atoms with van der Waals surface area (Å²) in [5.41, 5.74) is 1.45. The van der Waals surface area contributed by atoms with Crippen molar-refractivity contribution >= 4 is 23.6 Å². The van der Waals surface area contributed by atoms with E-state index in [0.29, 0.717) is 5.56 Å². The van der Waals surface area contributed by atoms with Crippen LogP contribution >= 0.6 is 11.8 Å². The number of hydrogen-bond donors (Lipinski definition) is 0. The lowest BCUT2D eigenvalue weighted by Crippen LogP contribution is -2.39. The summed E-state index contributed by atoms with van der Waals surface area (Å²) in [7, 11) is 1.67. The number of likely N-dealkylation sites (N-methyl/N-ethyl adjacent to an activating group) is 1. The molecule has 0 spiro atoms. The summed E-state index contributed by atoms with van der Waals surface area (Å²) < 4.78 is 1.94. The third-order valence-corrected chi connectivity index (χ3v) is 5.01. The normalized spacial score (nSPS) is 13.9. The second-order valence-electron chi connectivity index (χ2n) is 6.08. The molecule has 0 unspecified atom stereocenters. The molecule has 1 fully saturated rings. The highest BCUT2D eigenvalue weighted by Gasteiger charge is 2.22. The quantitative estimate of drug-likeness (QED) is 0.770. The van der Waals surface area contributed by atoms with Gasteiger partial charge in [0.05, 0.1) is 6.54 Å². The van der Waals surface area contributed by atoms with Gasteiger partial charge in [-0.1, -0.05) is 17.8 Å². The number of benzene rings is 1. The van der Waals surface area contributed by atoms with Gasteiger partial charge in [-0.3, -0.25) is 14.2 Å². The van der Waals surface area contributed by atoms with Gasteiger partial charge in [-0.25, -0.2) is 4.98 Å². The third-order valence-electron chi connectivity index (χ3n) is 4.34. The molecule has 2 heterocycles. The van der Waals surface area contributed by atoms with Crippen LogP contribution in [0.5, 0.6) is 0 Å². The van der Waals surface area contributed by atoms with Crippen LogP contribution in [0.25, 0.3) is 5.69 Å². The van der Waals surface area contributed by atoms with Gasteiger partial charge in [0.1, 0.15) is 0 Å². The summed E-state index contributed by atoms with van der Waals surface area (Å²) in [6.07, 6.45) is 7.67. The molecule has 0 bridgehead atoms. The first kappa shape index (κ1) is 17.5. The molecule has 0 N–H and O–H groups in total. The maximum Gasteiger partial charge on any atom is 0.254 e. The Hall–Kier alpha value is -2.28. The van der Waals surface area contributed by atoms with Gasteiger partial charge in [-0.05, 0) is 37.3 Å². The van der Waals surface area contributed by atoms with Crippen molar-refractivity contribution in [3.8, 4) is 5.69 Å². The lowest BCUT2D eigenvalue weighted by Gasteiger charge is -2.21. The summed E-state index contributed by atoms with van der Waals surface area (Å²) in [4.78, 5) is 32.5. The van der Waals surface area contributed by atoms with Gasteiger partial charge in [-0.15, -0.1) is 0 Å². The number of carbonyl (C=O) groups excluding carboxylic acids is 2. The average Bonchev–Trinajstić information content (AvgIpc) is 3.32. The molecule has 7 heteroatoms. The summed E-state index contributed by atoms with van der Waals surface area (Å²) in [6, 6.07) is 7.40. The van der Waals surface area contributed by atoms with Crippen molar-refractivity contribution in [2.45, 2.75) is 18.0 Å². The van der Waals surface area contributed by atoms with Crippen molar-refractivity contribution in [1.29, 1.82) is 0 Å². The number of nitrogens with zero attached hydrogens (tertiary/aromatic N) is 4. The van der Waals surface area contributed by atoms with E-state index in [4.69, 9.17) is 0 Å². The van der Waals surface area contributed by atoms with Crippen LogP contribution in [-0.2, 0) is 4.79 Å². The molecule has 6 nitrogen and oxygen atoms in total. The summed E-state index contributed by atoms with van der Waals surface area (Å²) in [6.45, 7) is 1.72. The average molecular weight is 358 g/mol. The largest absolute Gasteiger partial charge is 0.341 e. The number of carbonyl (C=O) groups is 2. The minimum absolute atomic E-state index is 0.0174. The van der Waals surface area contributed by atoms with E-state index in [-0.39, 0.29) is 18.4 Å². The first-order valence-corrected chi connectivity index (χ1v) is 9.53. The molecule has 2 aromatic rings. The Bertz CT molecular complexity index is 768. The van der Waals surface area contributed by atoms with E-state index in [2.05, 4.69) is 4.98 Å². The third kappa shape index (κ3) is 3.87. The van der Waals surface area contributed by atoms with Gasteiger partial charge in [0.15, 0.2) is 5.16 Å². The van der Waals surface area contributed by atoms with Crippen molar-refractivity contribution in [3.63, 3.8) is 0 Å². The predicted molar refractivity (Wildman–Crippen MR) is 98.1 cm³/mol. The van der Waals surface area contributed by atoms with Gasteiger partial charge in [-0.2, -0.15) is 0 Å². The number of thioether (sulfide) groups is 1. The Labute approximate surface area is 151 Å². The molecule has 1 aromatic carbocycles. The zero-order chi connectivity index (χ0) is 17.8. The van der Waals surface area contributed by atoms with Crippen molar-refractivity contribution in [2.75, 3.05) is 32.9 Å². The van der Waals surface area contributed by atoms with Crippen LogP contribution < -0.4 is 0 Å². The van der Waals surface area contributed by atoms with Crippen molar-refractivity contribution in [3.05, 3.63) is 42.2 Å².